The van der Waals surface area contributed by atoms with Crippen molar-refractivity contribution >= 4 is 11.8 Å². The van der Waals surface area contributed by atoms with E-state index in [1.54, 1.807) is 44.4 Å². The first-order chi connectivity index (χ1) is 18.7. The van der Waals surface area contributed by atoms with Crippen molar-refractivity contribution in [2.45, 2.75) is 49.4 Å². The predicted molar refractivity (Wildman–Crippen MR) is 151 cm³/mol. The van der Waals surface area contributed by atoms with Gasteiger partial charge in [-0.25, -0.2) is 0 Å². The lowest BCUT2D eigenvalue weighted by Gasteiger charge is -2.33. The van der Waals surface area contributed by atoms with Gasteiger partial charge in [0.15, 0.2) is 0 Å². The smallest absolute Gasteiger partial charge is 0.235 e. The first-order valence-electron chi connectivity index (χ1n) is 13.7. The third-order valence-corrected chi connectivity index (χ3v) is 8.01. The molecule has 4 rings (SSSR count). The zero-order chi connectivity index (χ0) is 28.5. The number of phenols is 1. The number of methoxy groups -OCH3 is 3. The van der Waals surface area contributed by atoms with Crippen molar-refractivity contribution in [2.75, 3.05) is 61.7 Å². The molecule has 0 saturated carbocycles. The first-order valence-corrected chi connectivity index (χ1v) is 13.7. The second-order valence-electron chi connectivity index (χ2n) is 10.7. The zero-order valence-electron chi connectivity index (χ0n) is 24.1. The second kappa shape index (κ2) is 13.8. The van der Waals surface area contributed by atoms with E-state index in [2.05, 4.69) is 0 Å². The van der Waals surface area contributed by atoms with Gasteiger partial charge in [-0.1, -0.05) is 37.1 Å². The minimum absolute atomic E-state index is 0.0810. The molecule has 39 heavy (non-hydrogen) atoms. The number of rotatable bonds is 7. The monoisotopic (exact) mass is 540 g/mol. The van der Waals surface area contributed by atoms with Gasteiger partial charge in [0, 0.05) is 41.4 Å². The molecular formula is C31H44N2O6. The van der Waals surface area contributed by atoms with Crippen LogP contribution >= 0.6 is 0 Å². The van der Waals surface area contributed by atoms with E-state index in [1.807, 2.05) is 49.3 Å². The van der Waals surface area contributed by atoms with Gasteiger partial charge in [-0.3, -0.25) is 9.59 Å². The predicted octanol–water partition coefficient (Wildman–Crippen LogP) is 4.14. The lowest BCUT2D eigenvalue weighted by Crippen LogP contribution is -2.47. The van der Waals surface area contributed by atoms with E-state index in [1.165, 1.54) is 0 Å². The Labute approximate surface area is 232 Å². The first kappa shape index (κ1) is 30.4. The van der Waals surface area contributed by atoms with Crippen LogP contribution in [0.2, 0.25) is 0 Å². The van der Waals surface area contributed by atoms with E-state index in [4.69, 9.17) is 14.2 Å². The molecule has 0 aromatic heterocycles. The van der Waals surface area contributed by atoms with Crippen molar-refractivity contribution in [1.29, 1.82) is 0 Å². The molecule has 1 N–H and O–H groups in total. The van der Waals surface area contributed by atoms with Crippen LogP contribution in [0.1, 0.15) is 49.7 Å². The van der Waals surface area contributed by atoms with Crippen LogP contribution in [0.25, 0.3) is 0 Å². The van der Waals surface area contributed by atoms with Gasteiger partial charge < -0.3 is 29.1 Å². The molecule has 2 heterocycles. The minimum atomic E-state index is -0.668. The standard InChI is InChI=1S/C16H23NO3.C15H21NO3/c1-17-10-5-4-9-16(12-19-2,15(17)18)13-7-6-8-14(11-13)20-3;1-16-9-4-3-8-15(11-19-2,14(16)18)12-6-5-7-13(17)10-12/h6-8,11H,4-5,9-10,12H2,1-3H3;5-7,10,17H,3-4,8-9,11H2,1-2H3. The number of ether oxygens (including phenoxy) is 3. The largest absolute Gasteiger partial charge is 0.508 e. The second-order valence-corrected chi connectivity index (χ2v) is 10.7. The lowest BCUT2D eigenvalue weighted by atomic mass is 9.76. The van der Waals surface area contributed by atoms with Gasteiger partial charge >= 0.3 is 0 Å². The molecule has 2 aliphatic rings. The normalized spacial score (nSPS) is 23.9. The molecule has 2 amide bonds. The summed E-state index contributed by atoms with van der Waals surface area (Å²) in [5, 5.41) is 9.68. The van der Waals surface area contributed by atoms with Crippen molar-refractivity contribution in [1.82, 2.24) is 9.80 Å². The number of carbonyl (C=O) groups is 2. The van der Waals surface area contributed by atoms with Gasteiger partial charge in [0.1, 0.15) is 11.5 Å². The van der Waals surface area contributed by atoms with Gasteiger partial charge in [-0.05, 0) is 61.1 Å². The summed E-state index contributed by atoms with van der Waals surface area (Å²) in [7, 11) is 8.62. The van der Waals surface area contributed by atoms with E-state index >= 15 is 0 Å². The van der Waals surface area contributed by atoms with Crippen LogP contribution < -0.4 is 4.74 Å². The van der Waals surface area contributed by atoms with E-state index in [0.29, 0.717) is 13.2 Å². The highest BCUT2D eigenvalue weighted by molar-refractivity contribution is 5.89. The van der Waals surface area contributed by atoms with Gasteiger partial charge in [0.05, 0.1) is 31.2 Å². The highest BCUT2D eigenvalue weighted by atomic mass is 16.5. The Kier molecular flexibility index (Phi) is 10.8. The molecule has 2 fully saturated rings. The molecule has 2 aliphatic heterocycles. The maximum atomic E-state index is 12.9. The average Bonchev–Trinajstić information content (AvgIpc) is 3.18. The Bertz CT molecular complexity index is 1110. The SMILES string of the molecule is COCC1(c2cccc(O)c2)CCCCN(C)C1=O.COCC1(c2cccc(OC)c2)CCCCN(C)C1=O. The molecule has 0 spiro atoms. The fourth-order valence-electron chi connectivity index (χ4n) is 5.89. The highest BCUT2D eigenvalue weighted by Crippen LogP contribution is 2.37. The highest BCUT2D eigenvalue weighted by Gasteiger charge is 2.44. The molecule has 2 aromatic carbocycles. The van der Waals surface area contributed by atoms with Gasteiger partial charge in [-0.2, -0.15) is 0 Å². The molecule has 2 aromatic rings. The Morgan fingerprint density at radius 1 is 0.744 bits per heavy atom. The molecule has 214 valence electrons. The number of amides is 2. The quantitative estimate of drug-likeness (QED) is 0.568. The number of aromatic hydroxyl groups is 1. The van der Waals surface area contributed by atoms with Crippen molar-refractivity contribution in [3.05, 3.63) is 59.7 Å². The third-order valence-electron chi connectivity index (χ3n) is 8.01. The fourth-order valence-corrected chi connectivity index (χ4v) is 5.89. The van der Waals surface area contributed by atoms with Gasteiger partial charge in [-0.15, -0.1) is 0 Å². The summed E-state index contributed by atoms with van der Waals surface area (Å²) < 4.78 is 16.0. The Hall–Kier alpha value is -3.10. The van der Waals surface area contributed by atoms with Crippen LogP contribution in [0, 0.1) is 0 Å². The van der Waals surface area contributed by atoms with Crippen molar-refractivity contribution in [3.8, 4) is 11.5 Å². The molecular weight excluding hydrogens is 496 g/mol. The van der Waals surface area contributed by atoms with Crippen molar-refractivity contribution < 1.29 is 28.9 Å². The van der Waals surface area contributed by atoms with Crippen LogP contribution in [-0.4, -0.2) is 88.4 Å². The number of hydrogen-bond donors (Lipinski definition) is 1. The molecule has 0 aliphatic carbocycles. The van der Waals surface area contributed by atoms with E-state index < -0.39 is 10.8 Å². The van der Waals surface area contributed by atoms with E-state index in [9.17, 15) is 14.7 Å². The van der Waals surface area contributed by atoms with Crippen LogP contribution in [0.5, 0.6) is 11.5 Å². The molecule has 2 atom stereocenters. The van der Waals surface area contributed by atoms with E-state index in [-0.39, 0.29) is 17.6 Å². The van der Waals surface area contributed by atoms with Crippen molar-refractivity contribution in [3.63, 3.8) is 0 Å². The average molecular weight is 541 g/mol. The van der Waals surface area contributed by atoms with E-state index in [0.717, 1.165) is 68.5 Å². The number of phenolic OH excluding ortho intramolecular Hbond substituents is 1. The summed E-state index contributed by atoms with van der Waals surface area (Å²) in [5.74, 6) is 1.19. The van der Waals surface area contributed by atoms with Crippen LogP contribution in [0.3, 0.4) is 0 Å². The van der Waals surface area contributed by atoms with Gasteiger partial charge in [0.2, 0.25) is 11.8 Å². The Balaban J connectivity index is 0.000000216. The number of hydrogen-bond acceptors (Lipinski definition) is 6. The summed E-state index contributed by atoms with van der Waals surface area (Å²) in [4.78, 5) is 29.2. The number of likely N-dealkylation sites (tertiary alicyclic amines) is 2. The maximum Gasteiger partial charge on any atom is 0.235 e. The number of benzene rings is 2. The summed E-state index contributed by atoms with van der Waals surface area (Å²) in [6, 6.07) is 14.8. The van der Waals surface area contributed by atoms with Gasteiger partial charge in [0.25, 0.3) is 0 Å². The molecule has 8 nitrogen and oxygen atoms in total. The summed E-state index contributed by atoms with van der Waals surface area (Å²) in [6.45, 7) is 2.35. The van der Waals surface area contributed by atoms with Crippen LogP contribution in [0.4, 0.5) is 0 Å². The molecule has 8 heteroatoms. The third kappa shape index (κ3) is 6.73. The summed E-state index contributed by atoms with van der Waals surface area (Å²) in [6.07, 6.45) is 5.63. The molecule has 0 bridgehead atoms. The lowest BCUT2D eigenvalue weighted by molar-refractivity contribution is -0.138. The topological polar surface area (TPSA) is 88.5 Å². The summed E-state index contributed by atoms with van der Waals surface area (Å²) >= 11 is 0. The number of likely N-dealkylation sites (N-methyl/N-ethyl adjacent to an activating group) is 2. The number of carbonyl (C=O) groups excluding carboxylic acids is 2. The number of nitrogens with zero attached hydrogens (tertiary/aromatic N) is 2. The fraction of sp³-hybridized carbons (Fsp3) is 0.548. The zero-order valence-corrected chi connectivity index (χ0v) is 24.1. The summed E-state index contributed by atoms with van der Waals surface area (Å²) in [5.41, 5.74) is 0.568. The van der Waals surface area contributed by atoms with Crippen molar-refractivity contribution in [2.24, 2.45) is 0 Å². The minimum Gasteiger partial charge on any atom is -0.508 e. The maximum absolute atomic E-state index is 12.9. The Morgan fingerprint density at radius 3 is 1.69 bits per heavy atom. The Morgan fingerprint density at radius 2 is 1.23 bits per heavy atom. The molecule has 2 unspecified atom stereocenters. The molecule has 2 saturated heterocycles. The van der Waals surface area contributed by atoms with Crippen LogP contribution in [-0.2, 0) is 29.9 Å². The molecule has 0 radical (unpaired) electrons. The van der Waals surface area contributed by atoms with Crippen LogP contribution in [0.15, 0.2) is 48.5 Å².